The first-order valence-corrected chi connectivity index (χ1v) is 6.44. The summed E-state index contributed by atoms with van der Waals surface area (Å²) in [7, 11) is 0. The lowest BCUT2D eigenvalue weighted by atomic mass is 9.95. The van der Waals surface area contributed by atoms with Gasteiger partial charge >= 0.3 is 6.09 Å². The predicted molar refractivity (Wildman–Crippen MR) is 70.0 cm³/mol. The monoisotopic (exact) mass is 266 g/mol. The molecule has 1 aromatic carbocycles. The number of ether oxygens (including phenoxy) is 1. The summed E-state index contributed by atoms with van der Waals surface area (Å²) in [5.41, 5.74) is 5.93. The molecule has 0 saturated carbocycles. The molecule has 1 atom stereocenters. The van der Waals surface area contributed by atoms with E-state index in [1.54, 1.807) is 17.0 Å². The van der Waals surface area contributed by atoms with Gasteiger partial charge in [-0.05, 0) is 44.0 Å². The van der Waals surface area contributed by atoms with Gasteiger partial charge in [0.05, 0.1) is 5.54 Å². The fourth-order valence-corrected chi connectivity index (χ4v) is 2.36. The van der Waals surface area contributed by atoms with E-state index in [0.29, 0.717) is 19.7 Å². The molecule has 0 spiro atoms. The normalized spacial score (nSPS) is 22.7. The number of benzene rings is 1. The van der Waals surface area contributed by atoms with Gasteiger partial charge in [-0.25, -0.2) is 9.18 Å². The van der Waals surface area contributed by atoms with Gasteiger partial charge in [0.15, 0.2) is 0 Å². The second-order valence-electron chi connectivity index (χ2n) is 5.16. The summed E-state index contributed by atoms with van der Waals surface area (Å²) in [6.07, 6.45) is 1.26. The van der Waals surface area contributed by atoms with Crippen LogP contribution in [-0.4, -0.2) is 29.7 Å². The predicted octanol–water partition coefficient (Wildman–Crippen LogP) is 2.28. The first kappa shape index (κ1) is 13.8. The first-order chi connectivity index (χ1) is 9.05. The summed E-state index contributed by atoms with van der Waals surface area (Å²) in [6.45, 7) is 3.28. The van der Waals surface area contributed by atoms with E-state index in [1.165, 1.54) is 12.1 Å². The van der Waals surface area contributed by atoms with Crippen LogP contribution in [0.1, 0.15) is 25.3 Å². The minimum Gasteiger partial charge on any atom is -0.447 e. The summed E-state index contributed by atoms with van der Waals surface area (Å²) in [5, 5.41) is 0. The molecule has 19 heavy (non-hydrogen) atoms. The molecular weight excluding hydrogens is 247 g/mol. The van der Waals surface area contributed by atoms with Crippen LogP contribution in [0.4, 0.5) is 9.18 Å². The molecule has 1 fully saturated rings. The van der Waals surface area contributed by atoms with Gasteiger partial charge in [-0.2, -0.15) is 0 Å². The second kappa shape index (κ2) is 5.57. The number of cyclic esters (lactones) is 1. The standard InChI is InChI=1S/C14H19FN2O2/c1-14(6-3-7-16)10-19-13(18)17(14)9-11-4-2-5-12(15)8-11/h2,4-5,8H,3,6-7,9-10,16H2,1H3. The van der Waals surface area contributed by atoms with Crippen LogP contribution in [-0.2, 0) is 11.3 Å². The minimum atomic E-state index is -0.358. The van der Waals surface area contributed by atoms with Gasteiger partial charge in [0.25, 0.3) is 0 Å². The number of carbonyl (C=O) groups is 1. The molecule has 1 aromatic rings. The maximum absolute atomic E-state index is 13.2. The van der Waals surface area contributed by atoms with Gasteiger partial charge in [0, 0.05) is 6.54 Å². The number of hydrogen-bond acceptors (Lipinski definition) is 3. The Labute approximate surface area is 112 Å². The summed E-state index contributed by atoms with van der Waals surface area (Å²) in [5.74, 6) is -0.297. The highest BCUT2D eigenvalue weighted by molar-refractivity contribution is 5.71. The van der Waals surface area contributed by atoms with Crippen LogP contribution < -0.4 is 5.73 Å². The van der Waals surface area contributed by atoms with Crippen molar-refractivity contribution in [3.63, 3.8) is 0 Å². The molecule has 4 nitrogen and oxygen atoms in total. The SMILES string of the molecule is CC1(CCCN)COC(=O)N1Cc1cccc(F)c1. The summed E-state index contributed by atoms with van der Waals surface area (Å²) >= 11 is 0. The lowest BCUT2D eigenvalue weighted by molar-refractivity contribution is 0.147. The Bertz CT molecular complexity index is 467. The van der Waals surface area contributed by atoms with Crippen LogP contribution in [0.2, 0.25) is 0 Å². The van der Waals surface area contributed by atoms with E-state index in [4.69, 9.17) is 10.5 Å². The average molecular weight is 266 g/mol. The number of nitrogens with two attached hydrogens (primary N) is 1. The van der Waals surface area contributed by atoms with Crippen molar-refractivity contribution >= 4 is 6.09 Å². The molecule has 2 N–H and O–H groups in total. The van der Waals surface area contributed by atoms with Gasteiger partial charge in [-0.15, -0.1) is 0 Å². The van der Waals surface area contributed by atoms with Crippen molar-refractivity contribution in [3.8, 4) is 0 Å². The Hall–Kier alpha value is -1.62. The molecule has 0 bridgehead atoms. The molecule has 1 amide bonds. The zero-order valence-corrected chi connectivity index (χ0v) is 11.1. The number of amides is 1. The van der Waals surface area contributed by atoms with E-state index in [-0.39, 0.29) is 17.4 Å². The highest BCUT2D eigenvalue weighted by Crippen LogP contribution is 2.30. The number of rotatable bonds is 5. The van der Waals surface area contributed by atoms with Crippen LogP contribution in [0.25, 0.3) is 0 Å². The van der Waals surface area contributed by atoms with Crippen molar-refractivity contribution in [2.24, 2.45) is 5.73 Å². The van der Waals surface area contributed by atoms with Gasteiger partial charge < -0.3 is 10.5 Å². The van der Waals surface area contributed by atoms with Crippen LogP contribution in [0.15, 0.2) is 24.3 Å². The van der Waals surface area contributed by atoms with E-state index in [2.05, 4.69) is 0 Å². The smallest absolute Gasteiger partial charge is 0.410 e. The zero-order valence-electron chi connectivity index (χ0n) is 11.1. The van der Waals surface area contributed by atoms with Gasteiger partial charge in [0.2, 0.25) is 0 Å². The third kappa shape index (κ3) is 3.04. The Morgan fingerprint density at radius 1 is 1.53 bits per heavy atom. The van der Waals surface area contributed by atoms with Gasteiger partial charge in [-0.3, -0.25) is 4.90 Å². The Balaban J connectivity index is 2.13. The fourth-order valence-electron chi connectivity index (χ4n) is 2.36. The van der Waals surface area contributed by atoms with E-state index in [0.717, 1.165) is 18.4 Å². The van der Waals surface area contributed by atoms with Crippen LogP contribution >= 0.6 is 0 Å². The minimum absolute atomic E-state index is 0.297. The molecule has 5 heteroatoms. The lowest BCUT2D eigenvalue weighted by Gasteiger charge is -2.32. The number of nitrogens with zero attached hydrogens (tertiary/aromatic N) is 1. The summed E-state index contributed by atoms with van der Waals surface area (Å²) < 4.78 is 18.3. The topological polar surface area (TPSA) is 55.6 Å². The molecule has 2 rings (SSSR count). The van der Waals surface area contributed by atoms with E-state index in [1.807, 2.05) is 6.92 Å². The molecule has 0 aliphatic carbocycles. The average Bonchev–Trinajstić information content (AvgIpc) is 2.66. The Morgan fingerprint density at radius 3 is 3.00 bits per heavy atom. The Kier molecular flexibility index (Phi) is 4.04. The maximum atomic E-state index is 13.2. The quantitative estimate of drug-likeness (QED) is 0.889. The molecule has 1 saturated heterocycles. The lowest BCUT2D eigenvalue weighted by Crippen LogP contribution is -2.44. The summed E-state index contributed by atoms with van der Waals surface area (Å²) in [6, 6.07) is 6.27. The van der Waals surface area contributed by atoms with Crippen LogP contribution in [0.5, 0.6) is 0 Å². The van der Waals surface area contributed by atoms with Crippen molar-refractivity contribution in [1.29, 1.82) is 0 Å². The van der Waals surface area contributed by atoms with Crippen LogP contribution in [0.3, 0.4) is 0 Å². The first-order valence-electron chi connectivity index (χ1n) is 6.44. The van der Waals surface area contributed by atoms with E-state index in [9.17, 15) is 9.18 Å². The van der Waals surface area contributed by atoms with Crippen LogP contribution in [0, 0.1) is 5.82 Å². The highest BCUT2D eigenvalue weighted by Gasteiger charge is 2.42. The van der Waals surface area contributed by atoms with Gasteiger partial charge in [0.1, 0.15) is 12.4 Å². The molecule has 104 valence electrons. The molecule has 1 aliphatic rings. The highest BCUT2D eigenvalue weighted by atomic mass is 19.1. The van der Waals surface area contributed by atoms with Crippen molar-refractivity contribution in [2.45, 2.75) is 31.8 Å². The summed E-state index contributed by atoms with van der Waals surface area (Å²) in [4.78, 5) is 13.5. The van der Waals surface area contributed by atoms with Crippen molar-refractivity contribution in [1.82, 2.24) is 4.90 Å². The second-order valence-corrected chi connectivity index (χ2v) is 5.16. The van der Waals surface area contributed by atoms with Crippen molar-refractivity contribution < 1.29 is 13.9 Å². The van der Waals surface area contributed by atoms with Crippen molar-refractivity contribution in [2.75, 3.05) is 13.2 Å². The maximum Gasteiger partial charge on any atom is 0.410 e. The molecule has 1 heterocycles. The Morgan fingerprint density at radius 2 is 2.32 bits per heavy atom. The molecule has 0 aromatic heterocycles. The molecular formula is C14H19FN2O2. The van der Waals surface area contributed by atoms with E-state index >= 15 is 0 Å². The zero-order chi connectivity index (χ0) is 13.9. The molecule has 1 unspecified atom stereocenters. The number of carbonyl (C=O) groups excluding carboxylic acids is 1. The van der Waals surface area contributed by atoms with Crippen molar-refractivity contribution in [3.05, 3.63) is 35.6 Å². The third-order valence-electron chi connectivity index (χ3n) is 3.53. The largest absolute Gasteiger partial charge is 0.447 e. The third-order valence-corrected chi connectivity index (χ3v) is 3.53. The number of hydrogen-bond donors (Lipinski definition) is 1. The fraction of sp³-hybridized carbons (Fsp3) is 0.500. The molecule has 0 radical (unpaired) electrons. The van der Waals surface area contributed by atoms with E-state index < -0.39 is 0 Å². The van der Waals surface area contributed by atoms with Gasteiger partial charge in [-0.1, -0.05) is 12.1 Å². The number of halogens is 1. The molecule has 1 aliphatic heterocycles.